The van der Waals surface area contributed by atoms with Crippen molar-refractivity contribution in [3.63, 3.8) is 0 Å². The molecule has 3 N–H and O–H groups in total. The Hall–Kier alpha value is -4.55. The fourth-order valence-electron chi connectivity index (χ4n) is 3.65. The third-order valence-corrected chi connectivity index (χ3v) is 6.05. The topological polar surface area (TPSA) is 129 Å². The van der Waals surface area contributed by atoms with Crippen molar-refractivity contribution in [2.75, 3.05) is 17.3 Å². The van der Waals surface area contributed by atoms with Crippen LogP contribution in [0, 0.1) is 17.2 Å². The van der Waals surface area contributed by atoms with Gasteiger partial charge in [0.25, 0.3) is 5.91 Å². The number of anilines is 2. The first kappa shape index (κ1) is 24.6. The molecule has 0 spiro atoms. The fraction of sp³-hybridized carbons (Fsp3) is 0.222. The number of hydrogen-bond acceptors (Lipinski definition) is 6. The molecule has 0 unspecified atom stereocenters. The highest BCUT2D eigenvalue weighted by molar-refractivity contribution is 6.04. The maximum absolute atomic E-state index is 13.1. The summed E-state index contributed by atoms with van der Waals surface area (Å²) in [4.78, 5) is 35.5. The second-order valence-corrected chi connectivity index (χ2v) is 8.90. The van der Waals surface area contributed by atoms with Gasteiger partial charge in [0.05, 0.1) is 29.7 Å². The number of hydrogen-bond donors (Lipinski definition) is 2. The molecule has 2 amide bonds. The van der Waals surface area contributed by atoms with Gasteiger partial charge in [-0.05, 0) is 42.3 Å². The molecule has 9 heteroatoms. The summed E-state index contributed by atoms with van der Waals surface area (Å²) < 4.78 is 1.81. The maximum atomic E-state index is 13.1. The molecule has 9 nitrogen and oxygen atoms in total. The highest BCUT2D eigenvalue weighted by atomic mass is 16.2. The van der Waals surface area contributed by atoms with Gasteiger partial charge in [0.15, 0.2) is 5.65 Å². The summed E-state index contributed by atoms with van der Waals surface area (Å²) in [5.74, 6) is -0.193. The highest BCUT2D eigenvalue weighted by Gasteiger charge is 2.18. The predicted molar refractivity (Wildman–Crippen MR) is 138 cm³/mol. The number of fused-ring (bicyclic) bond motifs is 1. The van der Waals surface area contributed by atoms with Gasteiger partial charge in [-0.2, -0.15) is 5.26 Å². The van der Waals surface area contributed by atoms with Gasteiger partial charge in [-0.3, -0.25) is 14.0 Å². The van der Waals surface area contributed by atoms with Crippen LogP contribution in [0.2, 0.25) is 0 Å². The minimum Gasteiger partial charge on any atom is -0.327 e. The molecule has 0 saturated heterocycles. The summed E-state index contributed by atoms with van der Waals surface area (Å²) in [7, 11) is 1.66. The van der Waals surface area contributed by atoms with Crippen LogP contribution < -0.4 is 16.0 Å². The molecule has 0 aliphatic rings. The molecule has 0 bridgehead atoms. The number of benzene rings is 2. The second kappa shape index (κ2) is 10.4. The van der Waals surface area contributed by atoms with Crippen LogP contribution in [0.25, 0.3) is 16.9 Å². The number of imidazole rings is 1. The van der Waals surface area contributed by atoms with Crippen molar-refractivity contribution in [1.82, 2.24) is 14.4 Å². The summed E-state index contributed by atoms with van der Waals surface area (Å²) in [6.45, 7) is 3.98. The fourth-order valence-corrected chi connectivity index (χ4v) is 3.65. The van der Waals surface area contributed by atoms with Crippen molar-refractivity contribution < 1.29 is 9.59 Å². The molecule has 1 atom stereocenters. The van der Waals surface area contributed by atoms with Crippen molar-refractivity contribution in [2.24, 2.45) is 11.7 Å². The van der Waals surface area contributed by atoms with Gasteiger partial charge in [0.2, 0.25) is 5.91 Å². The number of carbonyl (C=O) groups excluding carboxylic acids is 2. The Morgan fingerprint density at radius 2 is 1.78 bits per heavy atom. The maximum Gasteiger partial charge on any atom is 0.278 e. The van der Waals surface area contributed by atoms with Crippen LogP contribution in [0.4, 0.5) is 11.4 Å². The van der Waals surface area contributed by atoms with E-state index >= 15 is 0 Å². The number of aromatic nitrogens is 3. The van der Waals surface area contributed by atoms with Crippen LogP contribution in [0.3, 0.4) is 0 Å². The number of carbonyl (C=O) groups is 2. The van der Waals surface area contributed by atoms with Crippen LogP contribution in [-0.2, 0) is 4.79 Å². The monoisotopic (exact) mass is 481 g/mol. The predicted octanol–water partition coefficient (Wildman–Crippen LogP) is 3.86. The first-order chi connectivity index (χ1) is 17.3. The van der Waals surface area contributed by atoms with Crippen molar-refractivity contribution in [2.45, 2.75) is 26.3 Å². The molecule has 2 aromatic carbocycles. The van der Waals surface area contributed by atoms with Crippen LogP contribution in [0.5, 0.6) is 0 Å². The number of nitrogens with two attached hydrogens (primary N) is 1. The summed E-state index contributed by atoms with van der Waals surface area (Å²) in [5.41, 5.74) is 10.3. The molecule has 0 aliphatic heterocycles. The van der Waals surface area contributed by atoms with Gasteiger partial charge in [-0.25, -0.2) is 9.97 Å². The van der Waals surface area contributed by atoms with Gasteiger partial charge in [0, 0.05) is 42.6 Å². The van der Waals surface area contributed by atoms with Crippen LogP contribution >= 0.6 is 0 Å². The lowest BCUT2D eigenvalue weighted by atomic mass is 10.0. The van der Waals surface area contributed by atoms with Crippen molar-refractivity contribution in [1.29, 1.82) is 5.26 Å². The first-order valence-electron chi connectivity index (χ1n) is 11.5. The normalized spacial score (nSPS) is 11.8. The molecule has 4 rings (SSSR count). The van der Waals surface area contributed by atoms with E-state index in [1.807, 2.05) is 42.5 Å². The van der Waals surface area contributed by atoms with E-state index in [-0.39, 0.29) is 35.9 Å². The molecule has 0 fully saturated rings. The van der Waals surface area contributed by atoms with Crippen molar-refractivity contribution in [3.8, 4) is 17.3 Å². The zero-order chi connectivity index (χ0) is 25.8. The van der Waals surface area contributed by atoms with E-state index in [1.165, 1.54) is 4.90 Å². The summed E-state index contributed by atoms with van der Waals surface area (Å²) >= 11 is 0. The quantitative estimate of drug-likeness (QED) is 0.412. The number of rotatable bonds is 7. The summed E-state index contributed by atoms with van der Waals surface area (Å²) in [6.07, 6.45) is 5.18. The molecule has 0 saturated carbocycles. The van der Waals surface area contributed by atoms with Crippen molar-refractivity contribution >= 4 is 28.8 Å². The molecule has 0 radical (unpaired) electrons. The number of amides is 2. The van der Waals surface area contributed by atoms with E-state index in [0.717, 1.165) is 11.3 Å². The number of nitriles is 1. The molecule has 0 aliphatic carbocycles. The summed E-state index contributed by atoms with van der Waals surface area (Å²) in [5, 5.41) is 11.9. The van der Waals surface area contributed by atoms with Gasteiger partial charge in [0.1, 0.15) is 5.69 Å². The molecule has 2 heterocycles. The lowest BCUT2D eigenvalue weighted by Gasteiger charge is -2.17. The molecule has 2 aromatic heterocycles. The lowest BCUT2D eigenvalue weighted by Crippen LogP contribution is -2.31. The van der Waals surface area contributed by atoms with Gasteiger partial charge in [-0.1, -0.05) is 26.0 Å². The zero-order valence-corrected chi connectivity index (χ0v) is 20.3. The zero-order valence-electron chi connectivity index (χ0n) is 20.3. The molecule has 4 aromatic rings. The van der Waals surface area contributed by atoms with E-state index in [2.05, 4.69) is 21.4 Å². The van der Waals surface area contributed by atoms with Crippen LogP contribution in [0.15, 0.2) is 67.1 Å². The van der Waals surface area contributed by atoms with E-state index in [9.17, 15) is 9.59 Å². The van der Waals surface area contributed by atoms with Gasteiger partial charge >= 0.3 is 0 Å². The summed E-state index contributed by atoms with van der Waals surface area (Å²) in [6, 6.07) is 16.0. The Bertz CT molecular complexity index is 1430. The van der Waals surface area contributed by atoms with E-state index in [1.54, 1.807) is 49.9 Å². The first-order valence-corrected chi connectivity index (χ1v) is 11.5. The van der Waals surface area contributed by atoms with Crippen LogP contribution in [-0.4, -0.2) is 39.3 Å². The second-order valence-electron chi connectivity index (χ2n) is 8.90. The molecule has 182 valence electrons. The molecular formula is C27H27N7O2. The molecular weight excluding hydrogens is 454 g/mol. The SMILES string of the molecule is CC(C)[C@@H](N)CC(=O)Nc1ccc(-c2cnc3cnc(C(=O)N(C)c4ccc(C#N)cc4)cn23)cc1. The van der Waals surface area contributed by atoms with Crippen molar-refractivity contribution in [3.05, 3.63) is 78.4 Å². The minimum absolute atomic E-state index is 0.126. The van der Waals surface area contributed by atoms with Crippen LogP contribution in [0.1, 0.15) is 36.3 Å². The smallest absolute Gasteiger partial charge is 0.278 e. The minimum atomic E-state index is -0.293. The van der Waals surface area contributed by atoms with E-state index in [4.69, 9.17) is 11.0 Å². The Labute approximate surface area is 209 Å². The Morgan fingerprint density at radius 3 is 2.42 bits per heavy atom. The Balaban J connectivity index is 1.54. The Kier molecular flexibility index (Phi) is 7.08. The van der Waals surface area contributed by atoms with E-state index < -0.39 is 0 Å². The highest BCUT2D eigenvalue weighted by Crippen LogP contribution is 2.24. The number of nitrogens with one attached hydrogen (secondary N) is 1. The van der Waals surface area contributed by atoms with Gasteiger partial charge < -0.3 is 16.0 Å². The average molecular weight is 482 g/mol. The standard InChI is InChI=1S/C27H27N7O2/c1-17(2)22(29)12-26(35)32-20-8-6-19(7-9-20)24-14-31-25-15-30-23(16-34(24)25)27(36)33(3)21-10-4-18(13-28)5-11-21/h4-11,14-17,22H,12,29H2,1-3H3,(H,32,35)/t22-/m0/s1. The third-order valence-electron chi connectivity index (χ3n) is 6.05. The van der Waals surface area contributed by atoms with E-state index in [0.29, 0.717) is 22.6 Å². The van der Waals surface area contributed by atoms with Gasteiger partial charge in [-0.15, -0.1) is 0 Å². The number of nitrogens with zero attached hydrogens (tertiary/aromatic N) is 5. The lowest BCUT2D eigenvalue weighted by molar-refractivity contribution is -0.116. The Morgan fingerprint density at radius 1 is 1.08 bits per heavy atom. The molecule has 36 heavy (non-hydrogen) atoms. The average Bonchev–Trinajstić information content (AvgIpc) is 3.31. The third kappa shape index (κ3) is 5.24. The largest absolute Gasteiger partial charge is 0.327 e.